The average Bonchev–Trinajstić information content (AvgIpc) is 2.75. The van der Waals surface area contributed by atoms with E-state index in [-0.39, 0.29) is 0 Å². The number of anilines is 2. The van der Waals surface area contributed by atoms with Gasteiger partial charge in [0.25, 0.3) is 0 Å². The molecule has 2 fully saturated rings. The molecule has 86 valence electrons. The first kappa shape index (κ1) is 9.90. The lowest BCUT2D eigenvalue weighted by molar-refractivity contribution is 0.230. The fourth-order valence-electron chi connectivity index (χ4n) is 2.81. The van der Waals surface area contributed by atoms with Crippen LogP contribution in [-0.2, 0) is 0 Å². The minimum Gasteiger partial charge on any atom is -0.384 e. The van der Waals surface area contributed by atoms with Crippen molar-refractivity contribution in [1.29, 1.82) is 0 Å². The van der Waals surface area contributed by atoms with Gasteiger partial charge in [0.2, 0.25) is 0 Å². The zero-order chi connectivity index (χ0) is 11.0. The molecular formula is C12H18N4. The van der Waals surface area contributed by atoms with E-state index >= 15 is 0 Å². The molecule has 0 aromatic carbocycles. The largest absolute Gasteiger partial charge is 0.384 e. The molecule has 3 heterocycles. The summed E-state index contributed by atoms with van der Waals surface area (Å²) in [5, 5.41) is 0. The van der Waals surface area contributed by atoms with Crippen molar-refractivity contribution in [2.24, 2.45) is 0 Å². The van der Waals surface area contributed by atoms with Crippen molar-refractivity contribution < 1.29 is 0 Å². The lowest BCUT2D eigenvalue weighted by Gasteiger charge is -2.38. The molecule has 1 aromatic rings. The maximum absolute atomic E-state index is 5.72. The zero-order valence-electron chi connectivity index (χ0n) is 9.47. The highest BCUT2D eigenvalue weighted by Crippen LogP contribution is 2.24. The molecule has 0 amide bonds. The van der Waals surface area contributed by atoms with Crippen molar-refractivity contribution in [2.45, 2.75) is 18.9 Å². The van der Waals surface area contributed by atoms with Gasteiger partial charge in [-0.1, -0.05) is 6.07 Å². The highest BCUT2D eigenvalue weighted by molar-refractivity contribution is 5.45. The van der Waals surface area contributed by atoms with Gasteiger partial charge in [-0.05, 0) is 31.5 Å². The standard InChI is InChI=1S/C12H18N4/c13-11-4-1-5-12(14-11)16-8-7-15-6-2-3-10(15)9-16/h1,4-5,10H,2-3,6-9H2,(H2,13,14). The van der Waals surface area contributed by atoms with E-state index in [1.165, 1.54) is 25.9 Å². The number of hydrogen-bond acceptors (Lipinski definition) is 4. The Bertz CT molecular complexity index is 379. The summed E-state index contributed by atoms with van der Waals surface area (Å²) < 4.78 is 0. The van der Waals surface area contributed by atoms with E-state index in [1.807, 2.05) is 12.1 Å². The van der Waals surface area contributed by atoms with Crippen LogP contribution in [0.4, 0.5) is 11.6 Å². The van der Waals surface area contributed by atoms with Gasteiger partial charge in [-0.2, -0.15) is 0 Å². The van der Waals surface area contributed by atoms with Crippen LogP contribution in [0.15, 0.2) is 18.2 Å². The van der Waals surface area contributed by atoms with Crippen LogP contribution >= 0.6 is 0 Å². The molecule has 4 nitrogen and oxygen atoms in total. The summed E-state index contributed by atoms with van der Waals surface area (Å²) in [6.07, 6.45) is 2.68. The third-order valence-corrected chi connectivity index (χ3v) is 3.67. The number of nitrogens with two attached hydrogens (primary N) is 1. The first-order valence-corrected chi connectivity index (χ1v) is 6.04. The van der Waals surface area contributed by atoms with Crippen molar-refractivity contribution in [3.05, 3.63) is 18.2 Å². The molecule has 2 aliphatic heterocycles. The minimum absolute atomic E-state index is 0.617. The van der Waals surface area contributed by atoms with Gasteiger partial charge in [0.05, 0.1) is 0 Å². The number of nitrogens with zero attached hydrogens (tertiary/aromatic N) is 3. The Morgan fingerprint density at radius 2 is 2.19 bits per heavy atom. The van der Waals surface area contributed by atoms with Gasteiger partial charge >= 0.3 is 0 Å². The van der Waals surface area contributed by atoms with Crippen LogP contribution in [0.5, 0.6) is 0 Å². The molecule has 1 unspecified atom stereocenters. The van der Waals surface area contributed by atoms with E-state index in [1.54, 1.807) is 0 Å². The Morgan fingerprint density at radius 3 is 3.06 bits per heavy atom. The number of nitrogen functional groups attached to an aromatic ring is 1. The van der Waals surface area contributed by atoms with Gasteiger partial charge in [0, 0.05) is 25.7 Å². The Hall–Kier alpha value is -1.29. The smallest absolute Gasteiger partial charge is 0.131 e. The van der Waals surface area contributed by atoms with E-state index in [0.717, 1.165) is 24.9 Å². The van der Waals surface area contributed by atoms with Gasteiger partial charge in [-0.15, -0.1) is 0 Å². The lowest BCUT2D eigenvalue weighted by atomic mass is 10.1. The highest BCUT2D eigenvalue weighted by Gasteiger charge is 2.30. The van der Waals surface area contributed by atoms with Gasteiger partial charge in [0.1, 0.15) is 11.6 Å². The molecule has 0 aliphatic carbocycles. The Balaban J connectivity index is 1.76. The van der Waals surface area contributed by atoms with E-state index in [0.29, 0.717) is 5.82 Å². The number of hydrogen-bond donors (Lipinski definition) is 1. The minimum atomic E-state index is 0.617. The van der Waals surface area contributed by atoms with E-state index in [9.17, 15) is 0 Å². The van der Waals surface area contributed by atoms with Crippen molar-refractivity contribution in [1.82, 2.24) is 9.88 Å². The summed E-state index contributed by atoms with van der Waals surface area (Å²) in [6.45, 7) is 4.63. The maximum atomic E-state index is 5.72. The molecule has 1 atom stereocenters. The van der Waals surface area contributed by atoms with Crippen molar-refractivity contribution >= 4 is 11.6 Å². The SMILES string of the molecule is Nc1cccc(N2CCN3CCCC3C2)n1. The fraction of sp³-hybridized carbons (Fsp3) is 0.583. The fourth-order valence-corrected chi connectivity index (χ4v) is 2.81. The molecule has 0 saturated carbocycles. The van der Waals surface area contributed by atoms with Crippen LogP contribution in [-0.4, -0.2) is 42.1 Å². The molecule has 4 heteroatoms. The molecule has 1 aromatic heterocycles. The summed E-state index contributed by atoms with van der Waals surface area (Å²) in [6, 6.07) is 6.62. The second-order valence-corrected chi connectivity index (χ2v) is 4.70. The topological polar surface area (TPSA) is 45.4 Å². The van der Waals surface area contributed by atoms with Gasteiger partial charge in [0.15, 0.2) is 0 Å². The second-order valence-electron chi connectivity index (χ2n) is 4.70. The van der Waals surface area contributed by atoms with Crippen LogP contribution in [0.3, 0.4) is 0 Å². The normalized spacial score (nSPS) is 25.8. The molecular weight excluding hydrogens is 200 g/mol. The summed E-state index contributed by atoms with van der Waals surface area (Å²) >= 11 is 0. The number of piperazine rings is 1. The molecule has 0 bridgehead atoms. The third kappa shape index (κ3) is 1.73. The Labute approximate surface area is 96.1 Å². The number of pyridine rings is 1. The van der Waals surface area contributed by atoms with Crippen LogP contribution in [0.1, 0.15) is 12.8 Å². The quantitative estimate of drug-likeness (QED) is 0.762. The Kier molecular flexibility index (Phi) is 2.44. The zero-order valence-corrected chi connectivity index (χ0v) is 9.47. The highest BCUT2D eigenvalue weighted by atomic mass is 15.3. The van der Waals surface area contributed by atoms with Crippen molar-refractivity contribution in [3.63, 3.8) is 0 Å². The maximum Gasteiger partial charge on any atom is 0.131 e. The van der Waals surface area contributed by atoms with Crippen molar-refractivity contribution in [2.75, 3.05) is 36.8 Å². The van der Waals surface area contributed by atoms with Crippen LogP contribution in [0.2, 0.25) is 0 Å². The van der Waals surface area contributed by atoms with Crippen LogP contribution in [0.25, 0.3) is 0 Å². The molecule has 3 rings (SSSR count). The lowest BCUT2D eigenvalue weighted by Crippen LogP contribution is -2.50. The molecule has 2 aliphatic rings. The van der Waals surface area contributed by atoms with E-state index < -0.39 is 0 Å². The summed E-state index contributed by atoms with van der Waals surface area (Å²) in [5.41, 5.74) is 5.72. The monoisotopic (exact) mass is 218 g/mol. The van der Waals surface area contributed by atoms with Gasteiger partial charge in [-0.3, -0.25) is 4.90 Å². The molecule has 2 saturated heterocycles. The first-order chi connectivity index (χ1) is 7.83. The summed E-state index contributed by atoms with van der Waals surface area (Å²) in [4.78, 5) is 9.36. The molecule has 2 N–H and O–H groups in total. The second kappa shape index (κ2) is 3.94. The van der Waals surface area contributed by atoms with E-state index in [4.69, 9.17) is 5.73 Å². The average molecular weight is 218 g/mol. The van der Waals surface area contributed by atoms with Gasteiger partial charge in [-0.25, -0.2) is 4.98 Å². The molecule has 0 spiro atoms. The number of aromatic nitrogens is 1. The molecule has 16 heavy (non-hydrogen) atoms. The summed E-state index contributed by atoms with van der Waals surface area (Å²) in [5.74, 6) is 1.65. The first-order valence-electron chi connectivity index (χ1n) is 6.04. The van der Waals surface area contributed by atoms with E-state index in [2.05, 4.69) is 20.9 Å². The van der Waals surface area contributed by atoms with Crippen molar-refractivity contribution in [3.8, 4) is 0 Å². The molecule has 0 radical (unpaired) electrons. The predicted octanol–water partition coefficient (Wildman–Crippen LogP) is 0.948. The van der Waals surface area contributed by atoms with Gasteiger partial charge < -0.3 is 10.6 Å². The predicted molar refractivity (Wildman–Crippen MR) is 65.5 cm³/mol. The Morgan fingerprint density at radius 1 is 1.25 bits per heavy atom. The third-order valence-electron chi connectivity index (χ3n) is 3.67. The number of fused-ring (bicyclic) bond motifs is 1. The summed E-state index contributed by atoms with van der Waals surface area (Å²) in [7, 11) is 0. The van der Waals surface area contributed by atoms with Crippen LogP contribution in [0, 0.1) is 0 Å². The number of rotatable bonds is 1. The van der Waals surface area contributed by atoms with Crippen LogP contribution < -0.4 is 10.6 Å².